The molecule has 9 nitrogen and oxygen atoms in total. The molecule has 0 aliphatic carbocycles. The second kappa shape index (κ2) is 5.82. The van der Waals surface area contributed by atoms with E-state index in [0.717, 1.165) is 0 Å². The Morgan fingerprint density at radius 3 is 2.74 bits per heavy atom. The molecule has 9 heteroatoms. The molecule has 0 unspecified atom stereocenters. The summed E-state index contributed by atoms with van der Waals surface area (Å²) in [5, 5.41) is 9.61. The van der Waals surface area contributed by atoms with Crippen LogP contribution in [-0.2, 0) is 11.8 Å². The lowest BCUT2D eigenvalue weighted by atomic mass is 9.94. The van der Waals surface area contributed by atoms with Crippen molar-refractivity contribution in [3.8, 4) is 0 Å². The number of nitrogens with zero attached hydrogens (tertiary/aromatic N) is 5. The summed E-state index contributed by atoms with van der Waals surface area (Å²) < 4.78 is 1.67. The highest BCUT2D eigenvalue weighted by molar-refractivity contribution is 5.92. The first-order valence-corrected chi connectivity index (χ1v) is 7.38. The van der Waals surface area contributed by atoms with Gasteiger partial charge in [-0.25, -0.2) is 9.97 Å². The summed E-state index contributed by atoms with van der Waals surface area (Å²) in [5.74, 6) is 0.681. The second-order valence-electron chi connectivity index (χ2n) is 5.68. The molecule has 1 aliphatic heterocycles. The number of aryl methyl sites for hydroxylation is 2. The van der Waals surface area contributed by atoms with Crippen molar-refractivity contribution < 1.29 is 9.59 Å². The van der Waals surface area contributed by atoms with Gasteiger partial charge in [0.25, 0.3) is 5.91 Å². The van der Waals surface area contributed by atoms with Crippen molar-refractivity contribution in [2.75, 3.05) is 20.1 Å². The molecule has 2 aromatic rings. The summed E-state index contributed by atoms with van der Waals surface area (Å²) in [6.45, 7) is 2.52. The lowest BCUT2D eigenvalue weighted by molar-refractivity contribution is -0.124. The lowest BCUT2D eigenvalue weighted by Crippen LogP contribution is -2.34. The number of amides is 2. The van der Waals surface area contributed by atoms with E-state index in [1.807, 2.05) is 0 Å². The molecule has 2 atom stereocenters. The minimum atomic E-state index is -0.376. The van der Waals surface area contributed by atoms with E-state index in [2.05, 4.69) is 25.5 Å². The molecule has 3 rings (SSSR count). The fourth-order valence-electron chi connectivity index (χ4n) is 2.92. The molecule has 122 valence electrons. The van der Waals surface area contributed by atoms with Gasteiger partial charge in [-0.05, 0) is 6.92 Å². The third-order valence-electron chi connectivity index (χ3n) is 4.15. The zero-order chi connectivity index (χ0) is 16.6. The molecule has 0 radical (unpaired) electrons. The number of aromatic nitrogens is 5. The quantitative estimate of drug-likeness (QED) is 0.789. The number of hydrogen-bond donors (Lipinski definition) is 2. The van der Waals surface area contributed by atoms with Crippen molar-refractivity contribution >= 4 is 11.8 Å². The van der Waals surface area contributed by atoms with Crippen LogP contribution in [0.5, 0.6) is 0 Å². The van der Waals surface area contributed by atoms with Crippen molar-refractivity contribution in [1.82, 2.24) is 34.9 Å². The standard InChI is InChI=1S/C14H19N7O2/c1-8-17-11(19-18-8)9-6-21(7-10(9)13(22)15-2)14(23)12-16-4-5-20(12)3/h4-5,9-10H,6-7H2,1-3H3,(H,15,22)(H,17,18,19)/t9-,10-/m1/s1. The van der Waals surface area contributed by atoms with Gasteiger partial charge in [-0.1, -0.05) is 0 Å². The molecule has 1 aliphatic rings. The van der Waals surface area contributed by atoms with E-state index >= 15 is 0 Å². The normalized spacial score (nSPS) is 20.7. The smallest absolute Gasteiger partial charge is 0.289 e. The third kappa shape index (κ3) is 2.69. The topological polar surface area (TPSA) is 109 Å². The first-order valence-electron chi connectivity index (χ1n) is 7.38. The van der Waals surface area contributed by atoms with Crippen molar-refractivity contribution in [2.45, 2.75) is 12.8 Å². The molecule has 0 aromatic carbocycles. The zero-order valence-electron chi connectivity index (χ0n) is 13.3. The Kier molecular flexibility index (Phi) is 3.85. The van der Waals surface area contributed by atoms with E-state index in [9.17, 15) is 9.59 Å². The van der Waals surface area contributed by atoms with Crippen molar-refractivity contribution in [2.24, 2.45) is 13.0 Å². The summed E-state index contributed by atoms with van der Waals surface area (Å²) in [7, 11) is 3.36. The number of aromatic amines is 1. The van der Waals surface area contributed by atoms with Gasteiger partial charge in [0.05, 0.1) is 11.8 Å². The molecular weight excluding hydrogens is 298 g/mol. The van der Waals surface area contributed by atoms with Gasteiger partial charge in [-0.15, -0.1) is 0 Å². The van der Waals surface area contributed by atoms with Gasteiger partial charge in [-0.2, -0.15) is 5.10 Å². The van der Waals surface area contributed by atoms with Gasteiger partial charge in [0.15, 0.2) is 11.6 Å². The third-order valence-corrected chi connectivity index (χ3v) is 4.15. The minimum absolute atomic E-state index is 0.118. The molecule has 2 aromatic heterocycles. The molecule has 2 N–H and O–H groups in total. The molecule has 0 saturated carbocycles. The number of carbonyl (C=O) groups is 2. The number of H-pyrrole nitrogens is 1. The molecule has 23 heavy (non-hydrogen) atoms. The first-order chi connectivity index (χ1) is 11.0. The van der Waals surface area contributed by atoms with Crippen LogP contribution in [0.1, 0.15) is 28.2 Å². The van der Waals surface area contributed by atoms with Gasteiger partial charge in [0.2, 0.25) is 5.91 Å². The van der Waals surface area contributed by atoms with Crippen molar-refractivity contribution in [1.29, 1.82) is 0 Å². The number of nitrogens with one attached hydrogen (secondary N) is 2. The van der Waals surface area contributed by atoms with Crippen LogP contribution < -0.4 is 5.32 Å². The maximum atomic E-state index is 12.6. The SMILES string of the molecule is CNC(=O)[C@@H]1CN(C(=O)c2nccn2C)C[C@H]1c1n[nH]c(C)n1. The Hall–Kier alpha value is -2.71. The van der Waals surface area contributed by atoms with E-state index in [1.165, 1.54) is 0 Å². The highest BCUT2D eigenvalue weighted by Gasteiger charge is 2.42. The Morgan fingerprint density at radius 2 is 2.17 bits per heavy atom. The largest absolute Gasteiger partial charge is 0.359 e. The average Bonchev–Trinajstić information content (AvgIpc) is 3.24. The van der Waals surface area contributed by atoms with Crippen LogP contribution in [0.15, 0.2) is 12.4 Å². The van der Waals surface area contributed by atoms with E-state index in [-0.39, 0.29) is 23.7 Å². The molecular formula is C14H19N7O2. The second-order valence-corrected chi connectivity index (χ2v) is 5.68. The lowest BCUT2D eigenvalue weighted by Gasteiger charge is -2.15. The Morgan fingerprint density at radius 1 is 1.39 bits per heavy atom. The van der Waals surface area contributed by atoms with Gasteiger partial charge in [-0.3, -0.25) is 14.7 Å². The van der Waals surface area contributed by atoms with Crippen LogP contribution in [0.3, 0.4) is 0 Å². The Bertz CT molecular complexity index is 735. The Balaban J connectivity index is 1.87. The molecule has 2 amide bonds. The monoisotopic (exact) mass is 317 g/mol. The number of imidazole rings is 1. The van der Waals surface area contributed by atoms with Crippen LogP contribution in [0.25, 0.3) is 0 Å². The van der Waals surface area contributed by atoms with E-state index in [1.54, 1.807) is 42.9 Å². The number of rotatable bonds is 3. The molecule has 0 bridgehead atoms. The zero-order valence-corrected chi connectivity index (χ0v) is 13.3. The highest BCUT2D eigenvalue weighted by Crippen LogP contribution is 2.31. The van der Waals surface area contributed by atoms with Crippen molar-refractivity contribution in [3.63, 3.8) is 0 Å². The van der Waals surface area contributed by atoms with Gasteiger partial charge in [0, 0.05) is 39.6 Å². The summed E-state index contributed by atoms with van der Waals surface area (Å²) in [4.78, 5) is 34.9. The molecule has 1 saturated heterocycles. The first kappa shape index (κ1) is 15.2. The Labute approximate surface area is 133 Å². The molecule has 3 heterocycles. The molecule has 0 spiro atoms. The van der Waals surface area contributed by atoms with Crippen LogP contribution in [0, 0.1) is 12.8 Å². The molecule has 1 fully saturated rings. The minimum Gasteiger partial charge on any atom is -0.359 e. The van der Waals surface area contributed by atoms with Crippen LogP contribution in [0.4, 0.5) is 0 Å². The summed E-state index contributed by atoms with van der Waals surface area (Å²) in [5.41, 5.74) is 0. The number of hydrogen-bond acceptors (Lipinski definition) is 5. The summed E-state index contributed by atoms with van der Waals surface area (Å²) in [6, 6.07) is 0. The maximum absolute atomic E-state index is 12.6. The highest BCUT2D eigenvalue weighted by atomic mass is 16.2. The summed E-state index contributed by atoms with van der Waals surface area (Å²) >= 11 is 0. The fourth-order valence-corrected chi connectivity index (χ4v) is 2.92. The van der Waals surface area contributed by atoms with Gasteiger partial charge in [0.1, 0.15) is 5.82 Å². The van der Waals surface area contributed by atoms with Gasteiger partial charge >= 0.3 is 0 Å². The van der Waals surface area contributed by atoms with Gasteiger partial charge < -0.3 is 14.8 Å². The van der Waals surface area contributed by atoms with E-state index in [4.69, 9.17) is 0 Å². The predicted octanol–water partition coefficient (Wildman–Crippen LogP) is -0.552. The van der Waals surface area contributed by atoms with Crippen molar-refractivity contribution in [3.05, 3.63) is 29.9 Å². The van der Waals surface area contributed by atoms with Crippen LogP contribution in [0.2, 0.25) is 0 Å². The van der Waals surface area contributed by atoms with E-state index < -0.39 is 0 Å². The summed E-state index contributed by atoms with van der Waals surface area (Å²) in [6.07, 6.45) is 3.30. The number of carbonyl (C=O) groups excluding carboxylic acids is 2. The predicted molar refractivity (Wildman–Crippen MR) is 80.5 cm³/mol. The maximum Gasteiger partial charge on any atom is 0.289 e. The number of likely N-dealkylation sites (tertiary alicyclic amines) is 1. The fraction of sp³-hybridized carbons (Fsp3) is 0.500. The van der Waals surface area contributed by atoms with Crippen LogP contribution in [-0.4, -0.2) is 61.6 Å². The van der Waals surface area contributed by atoms with Crippen LogP contribution >= 0.6 is 0 Å². The van der Waals surface area contributed by atoms with E-state index in [0.29, 0.717) is 30.6 Å². The average molecular weight is 317 g/mol.